The SMILES string of the molecule is COC(=O)c1ccccc1NC(=O)C1CCN(C(=O)C2CCC2)CC1. The van der Waals surface area contributed by atoms with E-state index in [-0.39, 0.29) is 23.7 Å². The number of para-hydroxylation sites is 1. The van der Waals surface area contributed by atoms with Gasteiger partial charge in [-0.25, -0.2) is 4.79 Å². The van der Waals surface area contributed by atoms with Gasteiger partial charge >= 0.3 is 5.97 Å². The smallest absolute Gasteiger partial charge is 0.339 e. The van der Waals surface area contributed by atoms with Crippen molar-refractivity contribution in [1.82, 2.24) is 4.90 Å². The van der Waals surface area contributed by atoms with Gasteiger partial charge < -0.3 is 15.0 Å². The number of nitrogens with zero attached hydrogens (tertiary/aromatic N) is 1. The summed E-state index contributed by atoms with van der Waals surface area (Å²) in [6, 6.07) is 6.81. The van der Waals surface area contributed by atoms with E-state index < -0.39 is 5.97 Å². The second-order valence-electron chi connectivity index (χ2n) is 6.75. The Morgan fingerprint density at radius 1 is 1.04 bits per heavy atom. The Balaban J connectivity index is 1.56. The summed E-state index contributed by atoms with van der Waals surface area (Å²) in [7, 11) is 1.32. The molecule has 0 aromatic heterocycles. The van der Waals surface area contributed by atoms with Gasteiger partial charge in [0, 0.05) is 24.9 Å². The maximum Gasteiger partial charge on any atom is 0.339 e. The molecule has 0 unspecified atom stereocenters. The van der Waals surface area contributed by atoms with E-state index in [4.69, 9.17) is 4.74 Å². The monoisotopic (exact) mass is 344 g/mol. The Morgan fingerprint density at radius 2 is 1.72 bits per heavy atom. The average Bonchev–Trinajstić information content (AvgIpc) is 2.60. The highest BCUT2D eigenvalue weighted by Gasteiger charge is 2.33. The summed E-state index contributed by atoms with van der Waals surface area (Å²) in [5.74, 6) is -0.265. The van der Waals surface area contributed by atoms with Crippen molar-refractivity contribution in [3.63, 3.8) is 0 Å². The fourth-order valence-electron chi connectivity index (χ4n) is 3.39. The molecule has 134 valence electrons. The maximum absolute atomic E-state index is 12.5. The van der Waals surface area contributed by atoms with Crippen LogP contribution in [-0.2, 0) is 14.3 Å². The molecule has 1 saturated carbocycles. The zero-order chi connectivity index (χ0) is 17.8. The number of ether oxygens (including phenoxy) is 1. The number of carbonyl (C=O) groups is 3. The molecule has 0 radical (unpaired) electrons. The van der Waals surface area contributed by atoms with E-state index in [1.165, 1.54) is 7.11 Å². The predicted molar refractivity (Wildman–Crippen MR) is 93.1 cm³/mol. The molecule has 1 aliphatic heterocycles. The summed E-state index contributed by atoms with van der Waals surface area (Å²) in [5, 5.41) is 2.84. The summed E-state index contributed by atoms with van der Waals surface area (Å²) >= 11 is 0. The maximum atomic E-state index is 12.5. The van der Waals surface area contributed by atoms with Crippen LogP contribution in [0.1, 0.15) is 42.5 Å². The van der Waals surface area contributed by atoms with Crippen molar-refractivity contribution < 1.29 is 19.1 Å². The number of methoxy groups -OCH3 is 1. The standard InChI is InChI=1S/C19H24N2O4/c1-25-19(24)15-7-2-3-8-16(15)20-17(22)13-9-11-21(12-10-13)18(23)14-5-4-6-14/h2-3,7-8,13-14H,4-6,9-12H2,1H3,(H,20,22). The molecule has 1 aliphatic carbocycles. The molecule has 25 heavy (non-hydrogen) atoms. The van der Waals surface area contributed by atoms with Crippen LogP contribution >= 0.6 is 0 Å². The van der Waals surface area contributed by atoms with Crippen LogP contribution in [0.15, 0.2) is 24.3 Å². The largest absolute Gasteiger partial charge is 0.465 e. The topological polar surface area (TPSA) is 75.7 Å². The molecule has 2 fully saturated rings. The van der Waals surface area contributed by atoms with Crippen molar-refractivity contribution in [2.45, 2.75) is 32.1 Å². The zero-order valence-corrected chi connectivity index (χ0v) is 14.5. The normalized spacial score (nSPS) is 18.4. The van der Waals surface area contributed by atoms with Gasteiger partial charge in [-0.05, 0) is 37.8 Å². The van der Waals surface area contributed by atoms with E-state index in [1.807, 2.05) is 4.90 Å². The van der Waals surface area contributed by atoms with E-state index in [0.717, 1.165) is 19.3 Å². The van der Waals surface area contributed by atoms with Crippen LogP contribution in [0.5, 0.6) is 0 Å². The Hall–Kier alpha value is -2.37. The summed E-state index contributed by atoms with van der Waals surface area (Å²) in [6.45, 7) is 1.26. The number of piperidine rings is 1. The highest BCUT2D eigenvalue weighted by molar-refractivity contribution is 6.01. The second-order valence-corrected chi connectivity index (χ2v) is 6.75. The van der Waals surface area contributed by atoms with Gasteiger partial charge in [0.1, 0.15) is 0 Å². The lowest BCUT2D eigenvalue weighted by molar-refractivity contribution is -0.140. The first kappa shape index (κ1) is 17.5. The minimum absolute atomic E-state index is 0.105. The lowest BCUT2D eigenvalue weighted by atomic mass is 9.83. The van der Waals surface area contributed by atoms with Gasteiger partial charge in [-0.2, -0.15) is 0 Å². The Morgan fingerprint density at radius 3 is 2.32 bits per heavy atom. The average molecular weight is 344 g/mol. The molecule has 0 bridgehead atoms. The van der Waals surface area contributed by atoms with Crippen LogP contribution in [0.25, 0.3) is 0 Å². The highest BCUT2D eigenvalue weighted by atomic mass is 16.5. The van der Waals surface area contributed by atoms with Gasteiger partial charge in [0.2, 0.25) is 11.8 Å². The molecule has 1 aromatic rings. The number of hydrogen-bond acceptors (Lipinski definition) is 4. The van der Waals surface area contributed by atoms with Crippen LogP contribution in [0.4, 0.5) is 5.69 Å². The van der Waals surface area contributed by atoms with Gasteiger partial charge in [0.25, 0.3) is 0 Å². The van der Waals surface area contributed by atoms with Gasteiger partial charge in [-0.15, -0.1) is 0 Å². The van der Waals surface area contributed by atoms with Crippen molar-refractivity contribution in [2.75, 3.05) is 25.5 Å². The van der Waals surface area contributed by atoms with Crippen LogP contribution < -0.4 is 5.32 Å². The van der Waals surface area contributed by atoms with Crippen LogP contribution in [-0.4, -0.2) is 42.9 Å². The third-order valence-corrected chi connectivity index (χ3v) is 5.22. The Labute approximate surface area is 147 Å². The zero-order valence-electron chi connectivity index (χ0n) is 14.5. The van der Waals surface area contributed by atoms with E-state index in [2.05, 4.69) is 5.32 Å². The van der Waals surface area contributed by atoms with Gasteiger partial charge in [-0.1, -0.05) is 18.6 Å². The molecular formula is C19H24N2O4. The third kappa shape index (κ3) is 3.83. The van der Waals surface area contributed by atoms with E-state index in [1.54, 1.807) is 24.3 Å². The second kappa shape index (κ2) is 7.68. The fraction of sp³-hybridized carbons (Fsp3) is 0.526. The number of carbonyl (C=O) groups excluding carboxylic acids is 3. The Kier molecular flexibility index (Phi) is 5.36. The molecule has 0 atom stereocenters. The van der Waals surface area contributed by atoms with Crippen molar-refractivity contribution in [3.05, 3.63) is 29.8 Å². The molecule has 0 spiro atoms. The number of anilines is 1. The van der Waals surface area contributed by atoms with E-state index in [9.17, 15) is 14.4 Å². The van der Waals surface area contributed by atoms with Crippen LogP contribution in [0.3, 0.4) is 0 Å². The summed E-state index contributed by atoms with van der Waals surface area (Å²) in [4.78, 5) is 38.5. The molecule has 2 aliphatic rings. The van der Waals surface area contributed by atoms with Crippen LogP contribution in [0, 0.1) is 11.8 Å². The van der Waals surface area contributed by atoms with Crippen molar-refractivity contribution in [1.29, 1.82) is 0 Å². The predicted octanol–water partition coefficient (Wildman–Crippen LogP) is 2.45. The minimum atomic E-state index is -0.475. The highest BCUT2D eigenvalue weighted by Crippen LogP contribution is 2.30. The fourth-order valence-corrected chi connectivity index (χ4v) is 3.39. The number of likely N-dealkylation sites (tertiary alicyclic amines) is 1. The molecule has 1 aromatic carbocycles. The first-order valence-electron chi connectivity index (χ1n) is 8.87. The molecule has 3 rings (SSSR count). The van der Waals surface area contributed by atoms with Crippen molar-refractivity contribution in [2.24, 2.45) is 11.8 Å². The first-order valence-corrected chi connectivity index (χ1v) is 8.87. The number of rotatable bonds is 4. The summed E-state index contributed by atoms with van der Waals surface area (Å²) in [5.41, 5.74) is 0.809. The van der Waals surface area contributed by atoms with E-state index >= 15 is 0 Å². The van der Waals surface area contributed by atoms with Gasteiger partial charge in [-0.3, -0.25) is 9.59 Å². The van der Waals surface area contributed by atoms with Crippen molar-refractivity contribution in [3.8, 4) is 0 Å². The molecule has 1 N–H and O–H groups in total. The van der Waals surface area contributed by atoms with E-state index in [0.29, 0.717) is 37.2 Å². The molecule has 6 heteroatoms. The molecular weight excluding hydrogens is 320 g/mol. The number of amides is 2. The van der Waals surface area contributed by atoms with Gasteiger partial charge in [0.05, 0.1) is 18.4 Å². The lowest BCUT2D eigenvalue weighted by Gasteiger charge is -2.36. The number of esters is 1. The number of nitrogens with one attached hydrogen (secondary N) is 1. The quantitative estimate of drug-likeness (QED) is 0.851. The van der Waals surface area contributed by atoms with Gasteiger partial charge in [0.15, 0.2) is 0 Å². The number of hydrogen-bond donors (Lipinski definition) is 1. The molecule has 1 heterocycles. The Bertz CT molecular complexity index is 661. The van der Waals surface area contributed by atoms with Crippen LogP contribution in [0.2, 0.25) is 0 Å². The summed E-state index contributed by atoms with van der Waals surface area (Å²) in [6.07, 6.45) is 4.47. The third-order valence-electron chi connectivity index (χ3n) is 5.22. The molecule has 2 amide bonds. The summed E-state index contributed by atoms with van der Waals surface area (Å²) < 4.78 is 4.75. The van der Waals surface area contributed by atoms with Crippen molar-refractivity contribution >= 4 is 23.5 Å². The molecule has 6 nitrogen and oxygen atoms in total. The first-order chi connectivity index (χ1) is 12.1. The minimum Gasteiger partial charge on any atom is -0.465 e. The lowest BCUT2D eigenvalue weighted by Crippen LogP contribution is -2.45. The number of benzene rings is 1. The molecule has 1 saturated heterocycles.